The highest BCUT2D eigenvalue weighted by atomic mass is 32.1. The molecule has 0 saturated carbocycles. The van der Waals surface area contributed by atoms with Crippen molar-refractivity contribution in [3.05, 3.63) is 34.0 Å². The topological polar surface area (TPSA) is 54.2 Å². The van der Waals surface area contributed by atoms with Crippen molar-refractivity contribution in [1.82, 2.24) is 19.7 Å². The van der Waals surface area contributed by atoms with E-state index < -0.39 is 6.10 Å². The van der Waals surface area contributed by atoms with Crippen molar-refractivity contribution in [2.75, 3.05) is 6.54 Å². The Hall–Kier alpha value is -1.24. The molecule has 2 aromatic heterocycles. The van der Waals surface area contributed by atoms with E-state index in [9.17, 15) is 5.11 Å². The zero-order chi connectivity index (χ0) is 13.2. The highest BCUT2D eigenvalue weighted by Crippen LogP contribution is 2.21. The summed E-state index contributed by atoms with van der Waals surface area (Å²) in [6, 6.07) is 2.03. The van der Waals surface area contributed by atoms with Gasteiger partial charge in [-0.15, -0.1) is 11.3 Å². The minimum absolute atomic E-state index is 0.439. The van der Waals surface area contributed by atoms with Gasteiger partial charge in [0.25, 0.3) is 0 Å². The van der Waals surface area contributed by atoms with Gasteiger partial charge in [0.1, 0.15) is 5.01 Å². The first-order chi connectivity index (χ1) is 9.26. The Kier molecular flexibility index (Phi) is 3.63. The number of aromatic nitrogens is 3. The molecule has 1 atom stereocenters. The lowest BCUT2D eigenvalue weighted by Gasteiger charge is -2.26. The van der Waals surface area contributed by atoms with Crippen molar-refractivity contribution >= 4 is 11.3 Å². The van der Waals surface area contributed by atoms with Gasteiger partial charge in [0, 0.05) is 24.7 Å². The molecule has 1 N–H and O–H groups in total. The molecule has 0 radical (unpaired) electrons. The van der Waals surface area contributed by atoms with Crippen molar-refractivity contribution in [2.45, 2.75) is 39.1 Å². The second-order valence-electron chi connectivity index (χ2n) is 4.84. The molecule has 0 fully saturated rings. The standard InChI is InChI=1S/C13H18N4OS/c1-2-12(18)11-7-10-8-16(4-5-17(10)15-11)9-13-14-3-6-19-13/h3,6-7,12,18H,2,4-5,8-9H2,1H3. The van der Waals surface area contributed by atoms with Gasteiger partial charge in [0.15, 0.2) is 0 Å². The summed E-state index contributed by atoms with van der Waals surface area (Å²) in [5, 5.41) is 17.5. The van der Waals surface area contributed by atoms with E-state index in [0.717, 1.165) is 36.9 Å². The molecule has 0 bridgehead atoms. The first-order valence-electron chi connectivity index (χ1n) is 6.61. The van der Waals surface area contributed by atoms with E-state index in [4.69, 9.17) is 0 Å². The van der Waals surface area contributed by atoms with Gasteiger partial charge >= 0.3 is 0 Å². The first kappa shape index (κ1) is 12.8. The van der Waals surface area contributed by atoms with Crippen molar-refractivity contribution < 1.29 is 5.11 Å². The Balaban J connectivity index is 1.71. The van der Waals surface area contributed by atoms with Crippen molar-refractivity contribution in [1.29, 1.82) is 0 Å². The average Bonchev–Trinajstić information content (AvgIpc) is 3.06. The monoisotopic (exact) mass is 278 g/mol. The SMILES string of the molecule is CCC(O)c1cc2n(n1)CCN(Cc1nccs1)C2. The number of hydrogen-bond acceptors (Lipinski definition) is 5. The molecule has 102 valence electrons. The zero-order valence-electron chi connectivity index (χ0n) is 11.0. The zero-order valence-corrected chi connectivity index (χ0v) is 11.8. The van der Waals surface area contributed by atoms with E-state index >= 15 is 0 Å². The van der Waals surface area contributed by atoms with Crippen molar-refractivity contribution in [2.24, 2.45) is 0 Å². The number of hydrogen-bond donors (Lipinski definition) is 1. The number of fused-ring (bicyclic) bond motifs is 1. The van der Waals surface area contributed by atoms with Crippen molar-refractivity contribution in [3.63, 3.8) is 0 Å². The molecule has 6 heteroatoms. The molecule has 0 amide bonds. The second kappa shape index (κ2) is 5.40. The Morgan fingerprint density at radius 3 is 3.11 bits per heavy atom. The van der Waals surface area contributed by atoms with Gasteiger partial charge < -0.3 is 5.11 Å². The van der Waals surface area contributed by atoms with Gasteiger partial charge in [-0.05, 0) is 12.5 Å². The van der Waals surface area contributed by atoms with E-state index in [0.29, 0.717) is 6.42 Å². The molecular weight excluding hydrogens is 260 g/mol. The summed E-state index contributed by atoms with van der Waals surface area (Å²) in [4.78, 5) is 6.70. The molecule has 1 unspecified atom stereocenters. The van der Waals surface area contributed by atoms with Crippen LogP contribution in [0.25, 0.3) is 0 Å². The van der Waals surface area contributed by atoms with E-state index in [1.54, 1.807) is 11.3 Å². The third-order valence-electron chi connectivity index (χ3n) is 3.47. The Labute approximate surface area is 116 Å². The fourth-order valence-corrected chi connectivity index (χ4v) is 3.03. The lowest BCUT2D eigenvalue weighted by Crippen LogP contribution is -2.33. The van der Waals surface area contributed by atoms with Crippen LogP contribution in [0.1, 0.15) is 35.8 Å². The summed E-state index contributed by atoms with van der Waals surface area (Å²) in [6.07, 6.45) is 2.12. The lowest BCUT2D eigenvalue weighted by atomic mass is 10.2. The molecule has 0 spiro atoms. The highest BCUT2D eigenvalue weighted by molar-refractivity contribution is 7.09. The average molecular weight is 278 g/mol. The Bertz CT molecular complexity index is 537. The fraction of sp³-hybridized carbons (Fsp3) is 0.538. The Morgan fingerprint density at radius 1 is 1.47 bits per heavy atom. The summed E-state index contributed by atoms with van der Waals surface area (Å²) in [6.45, 7) is 5.61. The molecular formula is C13H18N4OS. The van der Waals surface area contributed by atoms with Crippen LogP contribution < -0.4 is 0 Å². The summed E-state index contributed by atoms with van der Waals surface area (Å²) >= 11 is 1.70. The molecule has 0 saturated heterocycles. The van der Waals surface area contributed by atoms with Crippen LogP contribution in [0.4, 0.5) is 0 Å². The smallest absolute Gasteiger partial charge is 0.107 e. The van der Waals surface area contributed by atoms with Crippen LogP contribution in [0.3, 0.4) is 0 Å². The molecule has 0 aliphatic carbocycles. The highest BCUT2D eigenvalue weighted by Gasteiger charge is 2.20. The van der Waals surface area contributed by atoms with Crippen LogP contribution in [0, 0.1) is 0 Å². The lowest BCUT2D eigenvalue weighted by molar-refractivity contribution is 0.166. The number of aliphatic hydroxyl groups is 1. The molecule has 3 heterocycles. The maximum absolute atomic E-state index is 9.85. The van der Waals surface area contributed by atoms with Gasteiger partial charge in [0.2, 0.25) is 0 Å². The predicted octanol–water partition coefficient (Wildman–Crippen LogP) is 1.80. The summed E-state index contributed by atoms with van der Waals surface area (Å²) < 4.78 is 2.02. The molecule has 3 rings (SSSR count). The Morgan fingerprint density at radius 2 is 2.37 bits per heavy atom. The summed E-state index contributed by atoms with van der Waals surface area (Å²) in [5.74, 6) is 0. The number of nitrogens with zero attached hydrogens (tertiary/aromatic N) is 4. The largest absolute Gasteiger partial charge is 0.387 e. The maximum atomic E-state index is 9.85. The molecule has 5 nitrogen and oxygen atoms in total. The first-order valence-corrected chi connectivity index (χ1v) is 7.49. The van der Waals surface area contributed by atoms with Crippen molar-refractivity contribution in [3.8, 4) is 0 Å². The molecule has 1 aliphatic heterocycles. The minimum Gasteiger partial charge on any atom is -0.387 e. The van der Waals surface area contributed by atoms with Gasteiger partial charge in [0.05, 0.1) is 30.6 Å². The van der Waals surface area contributed by atoms with Gasteiger partial charge in [-0.1, -0.05) is 6.92 Å². The van der Waals surface area contributed by atoms with E-state index in [1.807, 2.05) is 29.2 Å². The van der Waals surface area contributed by atoms with Crippen LogP contribution in [0.2, 0.25) is 0 Å². The van der Waals surface area contributed by atoms with Gasteiger partial charge in [-0.3, -0.25) is 9.58 Å². The quantitative estimate of drug-likeness (QED) is 0.926. The van der Waals surface area contributed by atoms with Gasteiger partial charge in [-0.2, -0.15) is 5.10 Å². The predicted molar refractivity (Wildman–Crippen MR) is 73.7 cm³/mol. The fourth-order valence-electron chi connectivity index (χ4n) is 2.37. The van der Waals surface area contributed by atoms with Crippen LogP contribution in [0.5, 0.6) is 0 Å². The number of aliphatic hydroxyl groups excluding tert-OH is 1. The maximum Gasteiger partial charge on any atom is 0.107 e. The normalized spacial score (nSPS) is 17.4. The third-order valence-corrected chi connectivity index (χ3v) is 4.23. The van der Waals surface area contributed by atoms with Crippen LogP contribution in [-0.4, -0.2) is 31.3 Å². The molecule has 2 aromatic rings. The van der Waals surface area contributed by atoms with Gasteiger partial charge in [-0.25, -0.2) is 4.98 Å². The second-order valence-corrected chi connectivity index (χ2v) is 5.82. The van der Waals surface area contributed by atoms with E-state index in [1.165, 1.54) is 5.69 Å². The minimum atomic E-state index is -0.439. The van der Waals surface area contributed by atoms with E-state index in [-0.39, 0.29) is 0 Å². The van der Waals surface area contributed by atoms with Crippen LogP contribution >= 0.6 is 11.3 Å². The summed E-state index contributed by atoms with van der Waals surface area (Å²) in [7, 11) is 0. The molecule has 1 aliphatic rings. The van der Waals surface area contributed by atoms with E-state index in [2.05, 4.69) is 15.0 Å². The van der Waals surface area contributed by atoms with Crippen LogP contribution in [-0.2, 0) is 19.6 Å². The summed E-state index contributed by atoms with van der Waals surface area (Å²) in [5.41, 5.74) is 1.99. The van der Waals surface area contributed by atoms with Crippen LogP contribution in [0.15, 0.2) is 17.6 Å². The number of rotatable bonds is 4. The third kappa shape index (κ3) is 2.70. The molecule has 0 aromatic carbocycles. The number of thiazole rings is 1. The molecule has 19 heavy (non-hydrogen) atoms.